The monoisotopic (exact) mass is 214 g/mol. The fourth-order valence-electron chi connectivity index (χ4n) is 2.01. The second-order valence-corrected chi connectivity index (χ2v) is 5.18. The van der Waals surface area contributed by atoms with Gasteiger partial charge in [-0.3, -0.25) is 0 Å². The average molecular weight is 214 g/mol. The third-order valence-electron chi connectivity index (χ3n) is 3.29. The molecule has 1 heterocycles. The summed E-state index contributed by atoms with van der Waals surface area (Å²) in [7, 11) is 2.18. The Labute approximate surface area is 94.0 Å². The molecule has 0 radical (unpaired) electrons. The van der Waals surface area contributed by atoms with Gasteiger partial charge in [0.05, 0.1) is 0 Å². The second-order valence-electron chi connectivity index (χ2n) is 5.18. The van der Waals surface area contributed by atoms with Crippen molar-refractivity contribution in [3.05, 3.63) is 0 Å². The van der Waals surface area contributed by atoms with E-state index in [-0.39, 0.29) is 0 Å². The lowest BCUT2D eigenvalue weighted by molar-refractivity contribution is 0.0546. The number of ether oxygens (including phenoxy) is 1. The van der Waals surface area contributed by atoms with E-state index in [2.05, 4.69) is 25.8 Å². The predicted molar refractivity (Wildman–Crippen MR) is 63.9 cm³/mol. The number of nitrogens with zero attached hydrogens (tertiary/aromatic N) is 1. The van der Waals surface area contributed by atoms with Crippen molar-refractivity contribution in [2.45, 2.75) is 32.7 Å². The Kier molecular flexibility index (Phi) is 5.58. The molecule has 0 bridgehead atoms. The molecule has 90 valence electrons. The first kappa shape index (κ1) is 12.9. The van der Waals surface area contributed by atoms with Gasteiger partial charge in [0.1, 0.15) is 0 Å². The lowest BCUT2D eigenvalue weighted by atomic mass is 9.99. The van der Waals surface area contributed by atoms with Crippen LogP contribution < -0.4 is 5.73 Å². The maximum absolute atomic E-state index is 6.06. The Bertz CT molecular complexity index is 167. The van der Waals surface area contributed by atoms with Gasteiger partial charge in [-0.05, 0) is 31.7 Å². The molecule has 1 saturated heterocycles. The summed E-state index contributed by atoms with van der Waals surface area (Å²) in [5.74, 6) is 1.38. The van der Waals surface area contributed by atoms with Gasteiger partial charge < -0.3 is 15.4 Å². The van der Waals surface area contributed by atoms with Gasteiger partial charge in [-0.15, -0.1) is 0 Å². The van der Waals surface area contributed by atoms with E-state index in [0.29, 0.717) is 12.0 Å². The fourth-order valence-corrected chi connectivity index (χ4v) is 2.01. The first-order valence-corrected chi connectivity index (χ1v) is 6.11. The molecule has 3 heteroatoms. The SMILES string of the molecule is CC(C)C(N)CN(C)CC1CCOCC1. The smallest absolute Gasteiger partial charge is 0.0469 e. The molecule has 0 aromatic rings. The molecule has 0 aliphatic carbocycles. The van der Waals surface area contributed by atoms with Gasteiger partial charge in [0.2, 0.25) is 0 Å². The van der Waals surface area contributed by atoms with Crippen LogP contribution in [-0.2, 0) is 4.74 Å². The van der Waals surface area contributed by atoms with E-state index >= 15 is 0 Å². The molecule has 3 nitrogen and oxygen atoms in total. The third-order valence-corrected chi connectivity index (χ3v) is 3.29. The van der Waals surface area contributed by atoms with Crippen molar-refractivity contribution < 1.29 is 4.74 Å². The molecular weight excluding hydrogens is 188 g/mol. The summed E-state index contributed by atoms with van der Waals surface area (Å²) >= 11 is 0. The van der Waals surface area contributed by atoms with Crippen molar-refractivity contribution in [2.75, 3.05) is 33.4 Å². The van der Waals surface area contributed by atoms with Crippen molar-refractivity contribution in [1.82, 2.24) is 4.90 Å². The quantitative estimate of drug-likeness (QED) is 0.750. The van der Waals surface area contributed by atoms with E-state index in [0.717, 1.165) is 25.7 Å². The molecule has 0 aromatic heterocycles. The maximum atomic E-state index is 6.06. The van der Waals surface area contributed by atoms with E-state index in [9.17, 15) is 0 Å². The van der Waals surface area contributed by atoms with Crippen LogP contribution in [0.4, 0.5) is 0 Å². The van der Waals surface area contributed by atoms with Crippen LogP contribution in [-0.4, -0.2) is 44.3 Å². The number of likely N-dealkylation sites (N-methyl/N-ethyl adjacent to an activating group) is 1. The molecule has 0 amide bonds. The first-order chi connectivity index (χ1) is 7.09. The van der Waals surface area contributed by atoms with E-state index in [1.165, 1.54) is 19.4 Å². The number of nitrogens with two attached hydrogens (primary N) is 1. The zero-order chi connectivity index (χ0) is 11.3. The van der Waals surface area contributed by atoms with Crippen molar-refractivity contribution >= 4 is 0 Å². The minimum absolute atomic E-state index is 0.301. The lowest BCUT2D eigenvalue weighted by Gasteiger charge is -2.29. The number of rotatable bonds is 5. The Morgan fingerprint density at radius 1 is 1.33 bits per heavy atom. The fraction of sp³-hybridized carbons (Fsp3) is 1.00. The largest absolute Gasteiger partial charge is 0.381 e. The van der Waals surface area contributed by atoms with Gasteiger partial charge in [-0.1, -0.05) is 13.8 Å². The van der Waals surface area contributed by atoms with Gasteiger partial charge >= 0.3 is 0 Å². The molecule has 1 rings (SSSR count). The molecule has 15 heavy (non-hydrogen) atoms. The zero-order valence-electron chi connectivity index (χ0n) is 10.4. The molecule has 2 N–H and O–H groups in total. The molecule has 1 aliphatic rings. The summed E-state index contributed by atoms with van der Waals surface area (Å²) in [6, 6.07) is 0.301. The van der Waals surface area contributed by atoms with Crippen molar-refractivity contribution in [3.63, 3.8) is 0 Å². The standard InChI is InChI=1S/C12H26N2O/c1-10(2)12(13)9-14(3)8-11-4-6-15-7-5-11/h10-12H,4-9,13H2,1-3H3. The van der Waals surface area contributed by atoms with Crippen LogP contribution >= 0.6 is 0 Å². The van der Waals surface area contributed by atoms with Gasteiger partial charge in [0.25, 0.3) is 0 Å². The van der Waals surface area contributed by atoms with Crippen molar-refractivity contribution in [3.8, 4) is 0 Å². The summed E-state index contributed by atoms with van der Waals surface area (Å²) in [6.07, 6.45) is 2.42. The molecule has 1 atom stereocenters. The van der Waals surface area contributed by atoms with Crippen LogP contribution in [0.2, 0.25) is 0 Å². The first-order valence-electron chi connectivity index (χ1n) is 6.11. The number of hydrogen-bond acceptors (Lipinski definition) is 3. The second kappa shape index (κ2) is 6.46. The highest BCUT2D eigenvalue weighted by Crippen LogP contribution is 2.15. The summed E-state index contributed by atoms with van der Waals surface area (Å²) < 4.78 is 5.36. The van der Waals surface area contributed by atoms with E-state index in [1.54, 1.807) is 0 Å². The summed E-state index contributed by atoms with van der Waals surface area (Å²) in [5, 5.41) is 0. The Morgan fingerprint density at radius 2 is 1.93 bits per heavy atom. The summed E-state index contributed by atoms with van der Waals surface area (Å²) in [4.78, 5) is 2.38. The van der Waals surface area contributed by atoms with Gasteiger partial charge in [-0.2, -0.15) is 0 Å². The molecule has 1 aliphatic heterocycles. The van der Waals surface area contributed by atoms with Crippen LogP contribution in [0.5, 0.6) is 0 Å². The van der Waals surface area contributed by atoms with E-state index < -0.39 is 0 Å². The minimum atomic E-state index is 0.301. The molecular formula is C12H26N2O. The van der Waals surface area contributed by atoms with Crippen LogP contribution in [0, 0.1) is 11.8 Å². The van der Waals surface area contributed by atoms with Crippen molar-refractivity contribution in [2.24, 2.45) is 17.6 Å². The topological polar surface area (TPSA) is 38.5 Å². The van der Waals surface area contributed by atoms with Crippen LogP contribution in [0.15, 0.2) is 0 Å². The minimum Gasteiger partial charge on any atom is -0.381 e. The normalized spacial score (nSPS) is 21.2. The number of hydrogen-bond donors (Lipinski definition) is 1. The average Bonchev–Trinajstić information content (AvgIpc) is 2.18. The molecule has 0 aromatic carbocycles. The van der Waals surface area contributed by atoms with Gasteiger partial charge in [0, 0.05) is 32.3 Å². The molecule has 1 fully saturated rings. The Morgan fingerprint density at radius 3 is 2.47 bits per heavy atom. The highest BCUT2D eigenvalue weighted by atomic mass is 16.5. The van der Waals surface area contributed by atoms with Crippen LogP contribution in [0.25, 0.3) is 0 Å². The third kappa shape index (κ3) is 4.96. The molecule has 1 unspecified atom stereocenters. The van der Waals surface area contributed by atoms with Gasteiger partial charge in [0.15, 0.2) is 0 Å². The van der Waals surface area contributed by atoms with Crippen LogP contribution in [0.1, 0.15) is 26.7 Å². The van der Waals surface area contributed by atoms with Crippen molar-refractivity contribution in [1.29, 1.82) is 0 Å². The summed E-state index contributed by atoms with van der Waals surface area (Å²) in [5.41, 5.74) is 6.06. The lowest BCUT2D eigenvalue weighted by Crippen LogP contribution is -2.41. The predicted octanol–water partition coefficient (Wildman–Crippen LogP) is 1.33. The molecule has 0 saturated carbocycles. The zero-order valence-corrected chi connectivity index (χ0v) is 10.4. The highest BCUT2D eigenvalue weighted by molar-refractivity contribution is 4.72. The van der Waals surface area contributed by atoms with Gasteiger partial charge in [-0.25, -0.2) is 0 Å². The van der Waals surface area contributed by atoms with E-state index in [4.69, 9.17) is 10.5 Å². The maximum Gasteiger partial charge on any atom is 0.0469 e. The highest BCUT2D eigenvalue weighted by Gasteiger charge is 2.17. The van der Waals surface area contributed by atoms with E-state index in [1.807, 2.05) is 0 Å². The Balaban J connectivity index is 2.19. The van der Waals surface area contributed by atoms with Crippen LogP contribution in [0.3, 0.4) is 0 Å². The Hall–Kier alpha value is -0.120. The molecule has 0 spiro atoms. The summed E-state index contributed by atoms with van der Waals surface area (Å²) in [6.45, 7) is 8.43.